The van der Waals surface area contributed by atoms with Crippen LogP contribution in [0.15, 0.2) is 65.7 Å². The van der Waals surface area contributed by atoms with Gasteiger partial charge in [-0.2, -0.15) is 0 Å². The molecular weight excluding hydrogens is 466 g/mol. The fourth-order valence-electron chi connectivity index (χ4n) is 3.27. The molecule has 0 radical (unpaired) electrons. The van der Waals surface area contributed by atoms with Crippen molar-refractivity contribution in [2.24, 2.45) is 0 Å². The van der Waals surface area contributed by atoms with Crippen molar-refractivity contribution >= 4 is 54.0 Å². The van der Waals surface area contributed by atoms with Gasteiger partial charge in [0.2, 0.25) is 0 Å². The highest BCUT2D eigenvalue weighted by Crippen LogP contribution is 2.34. The number of nitrogens with zero attached hydrogens (tertiary/aromatic N) is 3. The number of fused-ring (bicyclic) bond motifs is 1. The number of carbonyl (C=O) groups excluding carboxylic acids is 1. The average molecular weight is 486 g/mol. The largest absolute Gasteiger partial charge is 0.278 e. The second-order valence-corrected chi connectivity index (χ2v) is 10.9. The maximum Gasteiger partial charge on any atom is 0.260 e. The molecule has 0 aliphatic carbocycles. The molecule has 0 bridgehead atoms. The maximum absolute atomic E-state index is 13.5. The van der Waals surface area contributed by atoms with Crippen LogP contribution in [0.1, 0.15) is 28.5 Å². The van der Waals surface area contributed by atoms with Crippen molar-refractivity contribution in [3.63, 3.8) is 0 Å². The summed E-state index contributed by atoms with van der Waals surface area (Å²) in [7, 11) is -3.35. The Morgan fingerprint density at radius 2 is 1.88 bits per heavy atom. The number of aryl methyl sites for hydroxylation is 1. The number of aromatic nitrogens is 2. The lowest BCUT2D eigenvalue weighted by Gasteiger charge is -2.19. The van der Waals surface area contributed by atoms with Gasteiger partial charge in [0.15, 0.2) is 15.0 Å². The first kappa shape index (κ1) is 22.4. The molecule has 0 spiro atoms. The predicted octanol–water partition coefficient (Wildman–Crippen LogP) is 5.29. The second kappa shape index (κ2) is 8.97. The summed E-state index contributed by atoms with van der Waals surface area (Å²) in [5.41, 5.74) is 2.79. The molecule has 6 nitrogen and oxygen atoms in total. The molecule has 164 valence electrons. The first-order valence-corrected chi connectivity index (χ1v) is 12.7. The number of benzene rings is 2. The zero-order valence-electron chi connectivity index (χ0n) is 17.4. The molecule has 0 N–H and O–H groups in total. The third kappa shape index (κ3) is 4.53. The molecule has 2 aromatic carbocycles. The summed E-state index contributed by atoms with van der Waals surface area (Å²) in [6.07, 6.45) is 1.67. The number of anilines is 1. The summed E-state index contributed by atoms with van der Waals surface area (Å²) < 4.78 is 25.1. The Bertz CT molecular complexity index is 1390. The van der Waals surface area contributed by atoms with Crippen LogP contribution in [0.3, 0.4) is 0 Å². The van der Waals surface area contributed by atoms with Gasteiger partial charge in [-0.15, -0.1) is 0 Å². The lowest BCUT2D eigenvalue weighted by Crippen LogP contribution is -2.30. The van der Waals surface area contributed by atoms with Gasteiger partial charge in [-0.1, -0.05) is 35.9 Å². The van der Waals surface area contributed by atoms with E-state index in [4.69, 9.17) is 16.6 Å². The van der Waals surface area contributed by atoms with E-state index >= 15 is 0 Å². The zero-order valence-corrected chi connectivity index (χ0v) is 19.8. The number of halogens is 1. The van der Waals surface area contributed by atoms with Gasteiger partial charge in [-0.25, -0.2) is 13.4 Å². The minimum atomic E-state index is -3.35. The van der Waals surface area contributed by atoms with Crippen LogP contribution in [-0.4, -0.2) is 30.0 Å². The van der Waals surface area contributed by atoms with E-state index in [-0.39, 0.29) is 23.1 Å². The summed E-state index contributed by atoms with van der Waals surface area (Å²) in [6, 6.07) is 15.2. The van der Waals surface area contributed by atoms with Gasteiger partial charge in [0, 0.05) is 16.8 Å². The Kier molecular flexibility index (Phi) is 6.28. The highest BCUT2D eigenvalue weighted by atomic mass is 35.5. The van der Waals surface area contributed by atoms with E-state index in [1.54, 1.807) is 18.0 Å². The molecule has 32 heavy (non-hydrogen) atoms. The molecule has 0 aliphatic heterocycles. The van der Waals surface area contributed by atoms with Crippen LogP contribution in [0.4, 0.5) is 5.13 Å². The fraction of sp³-hybridized carbons (Fsp3) is 0.174. The molecule has 9 heteroatoms. The Balaban J connectivity index is 1.76. The molecule has 0 unspecified atom stereocenters. The molecule has 2 aromatic heterocycles. The number of hydrogen-bond donors (Lipinski definition) is 0. The summed E-state index contributed by atoms with van der Waals surface area (Å²) in [5, 5.41) is 1.13. The SMILES string of the molecule is CCS(=O)(=O)c1ccc(C(=O)N(Cc2ccccn2)c2nc3c(C)cc(Cl)cc3s2)cc1. The van der Waals surface area contributed by atoms with Gasteiger partial charge in [0.25, 0.3) is 5.91 Å². The Morgan fingerprint density at radius 3 is 2.53 bits per heavy atom. The van der Waals surface area contributed by atoms with E-state index in [2.05, 4.69) is 4.98 Å². The quantitative estimate of drug-likeness (QED) is 0.370. The fourth-order valence-corrected chi connectivity index (χ4v) is 5.57. The summed E-state index contributed by atoms with van der Waals surface area (Å²) in [4.78, 5) is 24.3. The normalized spacial score (nSPS) is 11.6. The van der Waals surface area contributed by atoms with Gasteiger partial charge in [-0.3, -0.25) is 14.7 Å². The van der Waals surface area contributed by atoms with Gasteiger partial charge >= 0.3 is 0 Å². The number of hydrogen-bond acceptors (Lipinski definition) is 6. The lowest BCUT2D eigenvalue weighted by molar-refractivity contribution is 0.0984. The van der Waals surface area contributed by atoms with E-state index < -0.39 is 9.84 Å². The monoisotopic (exact) mass is 485 g/mol. The molecule has 0 saturated heterocycles. The maximum atomic E-state index is 13.5. The molecule has 0 aliphatic rings. The van der Waals surface area contributed by atoms with Crippen LogP contribution in [0.2, 0.25) is 5.02 Å². The third-order valence-corrected chi connectivity index (χ3v) is 8.00. The lowest BCUT2D eigenvalue weighted by atomic mass is 10.2. The molecular formula is C23H20ClN3O3S2. The number of rotatable bonds is 6. The highest BCUT2D eigenvalue weighted by Gasteiger charge is 2.23. The molecule has 4 rings (SSSR count). The van der Waals surface area contributed by atoms with Crippen molar-refractivity contribution in [1.82, 2.24) is 9.97 Å². The van der Waals surface area contributed by atoms with Crippen LogP contribution in [-0.2, 0) is 16.4 Å². The minimum absolute atomic E-state index is 0.000288. The van der Waals surface area contributed by atoms with Gasteiger partial charge in [0.05, 0.1) is 33.1 Å². The van der Waals surface area contributed by atoms with E-state index in [9.17, 15) is 13.2 Å². The topological polar surface area (TPSA) is 80.2 Å². The van der Waals surface area contributed by atoms with E-state index in [1.165, 1.54) is 35.6 Å². The summed E-state index contributed by atoms with van der Waals surface area (Å²) >= 11 is 7.58. The minimum Gasteiger partial charge on any atom is -0.278 e. The van der Waals surface area contributed by atoms with Crippen LogP contribution in [0.25, 0.3) is 10.2 Å². The van der Waals surface area contributed by atoms with Crippen LogP contribution in [0.5, 0.6) is 0 Å². The molecule has 0 atom stereocenters. The van der Waals surface area contributed by atoms with E-state index in [0.29, 0.717) is 21.4 Å². The van der Waals surface area contributed by atoms with Crippen LogP contribution in [0, 0.1) is 6.92 Å². The molecule has 0 saturated carbocycles. The van der Waals surface area contributed by atoms with Gasteiger partial charge < -0.3 is 0 Å². The van der Waals surface area contributed by atoms with Crippen molar-refractivity contribution in [1.29, 1.82) is 0 Å². The second-order valence-electron chi connectivity index (χ2n) is 7.21. The molecule has 1 amide bonds. The Hall–Kier alpha value is -2.81. The van der Waals surface area contributed by atoms with Crippen LogP contribution < -0.4 is 4.90 Å². The Labute approximate surface area is 195 Å². The molecule has 2 heterocycles. The summed E-state index contributed by atoms with van der Waals surface area (Å²) in [5.74, 6) is -0.293. The number of pyridine rings is 1. The number of carbonyl (C=O) groups is 1. The number of amides is 1. The predicted molar refractivity (Wildman–Crippen MR) is 128 cm³/mol. The number of sulfone groups is 1. The molecule has 4 aromatic rings. The van der Waals surface area contributed by atoms with Crippen molar-refractivity contribution in [2.75, 3.05) is 10.7 Å². The molecule has 0 fully saturated rings. The average Bonchev–Trinajstić information content (AvgIpc) is 3.22. The van der Waals surface area contributed by atoms with Crippen molar-refractivity contribution < 1.29 is 13.2 Å². The third-order valence-electron chi connectivity index (χ3n) is 5.00. The first-order chi connectivity index (χ1) is 15.3. The first-order valence-electron chi connectivity index (χ1n) is 9.90. The van der Waals surface area contributed by atoms with E-state index in [0.717, 1.165) is 15.8 Å². The van der Waals surface area contributed by atoms with Gasteiger partial charge in [0.1, 0.15) is 0 Å². The Morgan fingerprint density at radius 1 is 1.12 bits per heavy atom. The van der Waals surface area contributed by atoms with Crippen molar-refractivity contribution in [2.45, 2.75) is 25.3 Å². The zero-order chi connectivity index (χ0) is 22.9. The standard InChI is InChI=1S/C23H20ClN3O3S2/c1-3-32(29,30)19-9-7-16(8-10-19)22(28)27(14-18-6-4-5-11-25-18)23-26-21-15(2)12-17(24)13-20(21)31-23/h4-13H,3,14H2,1-2H3. The van der Waals surface area contributed by atoms with Crippen molar-refractivity contribution in [3.8, 4) is 0 Å². The van der Waals surface area contributed by atoms with Gasteiger partial charge in [-0.05, 0) is 61.0 Å². The smallest absolute Gasteiger partial charge is 0.260 e. The summed E-state index contributed by atoms with van der Waals surface area (Å²) in [6.45, 7) is 3.74. The van der Waals surface area contributed by atoms with E-state index in [1.807, 2.05) is 37.3 Å². The highest BCUT2D eigenvalue weighted by molar-refractivity contribution is 7.91. The van der Waals surface area contributed by atoms with Crippen molar-refractivity contribution in [3.05, 3.63) is 82.6 Å². The van der Waals surface area contributed by atoms with Crippen LogP contribution >= 0.6 is 22.9 Å². The number of thiazole rings is 1.